The van der Waals surface area contributed by atoms with Crippen LogP contribution in [0.1, 0.15) is 47.2 Å². The van der Waals surface area contributed by atoms with Gasteiger partial charge in [0.2, 0.25) is 5.91 Å². The number of hydrogen-bond acceptors (Lipinski definition) is 2. The van der Waals surface area contributed by atoms with E-state index in [9.17, 15) is 9.59 Å². The summed E-state index contributed by atoms with van der Waals surface area (Å²) in [4.78, 5) is 34.9. The fraction of sp³-hybridized carbons (Fsp3) is 0.290. The lowest BCUT2D eigenvalue weighted by atomic mass is 9.76. The number of fused-ring (bicyclic) bond motifs is 5. The van der Waals surface area contributed by atoms with Crippen molar-refractivity contribution in [3.05, 3.63) is 107 Å². The van der Waals surface area contributed by atoms with Crippen molar-refractivity contribution in [3.8, 4) is 0 Å². The van der Waals surface area contributed by atoms with Gasteiger partial charge in [-0.1, -0.05) is 78.4 Å². The SMILES string of the molecule is Cc1ccc([C@H]2CN3C(=O)CN(CCCc4ccccc4)C(=O)[C@]3(C)c3[nH]c4ccccc4c32)cc1. The van der Waals surface area contributed by atoms with E-state index in [4.69, 9.17) is 0 Å². The molecule has 3 aromatic carbocycles. The molecule has 0 saturated carbocycles. The summed E-state index contributed by atoms with van der Waals surface area (Å²) >= 11 is 0. The minimum atomic E-state index is -1.04. The van der Waals surface area contributed by atoms with E-state index in [0.717, 1.165) is 35.0 Å². The molecule has 2 atom stereocenters. The van der Waals surface area contributed by atoms with E-state index in [1.165, 1.54) is 16.7 Å². The molecule has 1 saturated heterocycles. The highest BCUT2D eigenvalue weighted by atomic mass is 16.2. The lowest BCUT2D eigenvalue weighted by molar-refractivity contribution is -0.166. The van der Waals surface area contributed by atoms with Crippen molar-refractivity contribution >= 4 is 22.7 Å². The lowest BCUT2D eigenvalue weighted by Crippen LogP contribution is -2.67. The fourth-order valence-corrected chi connectivity index (χ4v) is 6.07. The number of rotatable bonds is 5. The average Bonchev–Trinajstić information content (AvgIpc) is 3.29. The third-order valence-electron chi connectivity index (χ3n) is 8.03. The number of nitrogens with one attached hydrogen (secondary N) is 1. The van der Waals surface area contributed by atoms with Gasteiger partial charge in [0, 0.05) is 29.9 Å². The second-order valence-electron chi connectivity index (χ2n) is 10.3. The van der Waals surface area contributed by atoms with Crippen LogP contribution in [0.25, 0.3) is 10.9 Å². The second-order valence-corrected chi connectivity index (χ2v) is 10.3. The van der Waals surface area contributed by atoms with Gasteiger partial charge >= 0.3 is 0 Å². The molecule has 3 heterocycles. The number of nitrogens with zero attached hydrogens (tertiary/aromatic N) is 2. The smallest absolute Gasteiger partial charge is 0.254 e. The molecule has 2 aliphatic heterocycles. The molecule has 2 amide bonds. The zero-order valence-electron chi connectivity index (χ0n) is 20.8. The molecule has 5 nitrogen and oxygen atoms in total. The van der Waals surface area contributed by atoms with Gasteiger partial charge in [-0.2, -0.15) is 0 Å². The molecule has 1 N–H and O–H groups in total. The van der Waals surface area contributed by atoms with E-state index < -0.39 is 5.54 Å². The highest BCUT2D eigenvalue weighted by Crippen LogP contribution is 2.48. The number of para-hydroxylation sites is 1. The number of benzene rings is 3. The Labute approximate surface area is 211 Å². The summed E-state index contributed by atoms with van der Waals surface area (Å²) in [5.74, 6) is 0.0229. The highest BCUT2D eigenvalue weighted by Gasteiger charge is 2.56. The molecule has 2 aliphatic rings. The van der Waals surface area contributed by atoms with Gasteiger partial charge in [0.15, 0.2) is 5.54 Å². The highest BCUT2D eigenvalue weighted by molar-refractivity contribution is 6.01. The van der Waals surface area contributed by atoms with Gasteiger partial charge in [-0.15, -0.1) is 0 Å². The Morgan fingerprint density at radius 1 is 0.944 bits per heavy atom. The topological polar surface area (TPSA) is 56.4 Å². The van der Waals surface area contributed by atoms with Crippen LogP contribution in [0.5, 0.6) is 0 Å². The largest absolute Gasteiger partial charge is 0.356 e. The minimum Gasteiger partial charge on any atom is -0.356 e. The molecular weight excluding hydrogens is 446 g/mol. The summed E-state index contributed by atoms with van der Waals surface area (Å²) in [6, 6.07) is 27.1. The van der Waals surface area contributed by atoms with Gasteiger partial charge in [0.1, 0.15) is 0 Å². The van der Waals surface area contributed by atoms with Crippen LogP contribution < -0.4 is 0 Å². The van der Waals surface area contributed by atoms with E-state index in [1.807, 2.05) is 42.2 Å². The number of amides is 2. The van der Waals surface area contributed by atoms with Crippen LogP contribution in [0.2, 0.25) is 0 Å². The predicted molar refractivity (Wildman–Crippen MR) is 142 cm³/mol. The lowest BCUT2D eigenvalue weighted by Gasteiger charge is -2.51. The molecule has 1 fully saturated rings. The summed E-state index contributed by atoms with van der Waals surface area (Å²) in [6.45, 7) is 5.21. The molecule has 0 radical (unpaired) electrons. The van der Waals surface area contributed by atoms with Crippen LogP contribution in [0.15, 0.2) is 78.9 Å². The van der Waals surface area contributed by atoms with Gasteiger partial charge in [0.25, 0.3) is 5.91 Å². The van der Waals surface area contributed by atoms with Crippen LogP contribution in [-0.2, 0) is 21.5 Å². The van der Waals surface area contributed by atoms with Crippen molar-refractivity contribution in [3.63, 3.8) is 0 Å². The first kappa shape index (κ1) is 22.6. The standard InChI is InChI=1S/C31H31N3O2/c1-21-14-16-23(17-15-21)25-19-34-27(35)20-33(18-8-11-22-9-4-3-5-10-22)30(36)31(34,2)29-28(25)24-12-6-7-13-26(24)32-29/h3-7,9-10,12-17,25,32H,8,11,18-20H2,1-2H3/t25-,31+/m1/s1. The van der Waals surface area contributed by atoms with Crippen LogP contribution in [0, 0.1) is 6.92 Å². The summed E-state index contributed by atoms with van der Waals surface area (Å²) in [5.41, 5.74) is 5.57. The Kier molecular flexibility index (Phi) is 5.44. The Bertz CT molecular complexity index is 1440. The predicted octanol–water partition coefficient (Wildman–Crippen LogP) is 5.14. The first-order valence-electron chi connectivity index (χ1n) is 12.8. The van der Waals surface area contributed by atoms with Gasteiger partial charge in [-0.25, -0.2) is 0 Å². The Balaban J connectivity index is 1.39. The first-order valence-corrected chi connectivity index (χ1v) is 12.8. The second kappa shape index (κ2) is 8.66. The third-order valence-corrected chi connectivity index (χ3v) is 8.03. The van der Waals surface area contributed by atoms with Gasteiger partial charge < -0.3 is 14.8 Å². The van der Waals surface area contributed by atoms with Crippen molar-refractivity contribution in [2.75, 3.05) is 19.6 Å². The molecule has 1 aromatic heterocycles. The van der Waals surface area contributed by atoms with Crippen LogP contribution >= 0.6 is 0 Å². The summed E-state index contributed by atoms with van der Waals surface area (Å²) in [6.07, 6.45) is 1.71. The van der Waals surface area contributed by atoms with E-state index in [-0.39, 0.29) is 24.3 Å². The molecule has 6 rings (SSSR count). The zero-order valence-corrected chi connectivity index (χ0v) is 20.8. The number of piperazine rings is 1. The molecule has 36 heavy (non-hydrogen) atoms. The normalized spacial score (nSPS) is 21.6. The first-order chi connectivity index (χ1) is 17.5. The van der Waals surface area contributed by atoms with Crippen molar-refractivity contribution in [1.29, 1.82) is 0 Å². The molecule has 0 spiro atoms. The molecule has 5 heteroatoms. The maximum Gasteiger partial charge on any atom is 0.254 e. The van der Waals surface area contributed by atoms with Crippen molar-refractivity contribution in [1.82, 2.24) is 14.8 Å². The maximum absolute atomic E-state index is 14.1. The third kappa shape index (κ3) is 3.53. The zero-order chi connectivity index (χ0) is 24.9. The molecule has 0 bridgehead atoms. The Hall–Kier alpha value is -3.86. The summed E-state index contributed by atoms with van der Waals surface area (Å²) in [7, 11) is 0. The Morgan fingerprint density at radius 3 is 2.44 bits per heavy atom. The number of aromatic nitrogens is 1. The monoisotopic (exact) mass is 477 g/mol. The number of carbonyl (C=O) groups is 2. The summed E-state index contributed by atoms with van der Waals surface area (Å²) in [5, 5.41) is 1.13. The van der Waals surface area contributed by atoms with Gasteiger partial charge in [0.05, 0.1) is 12.2 Å². The van der Waals surface area contributed by atoms with E-state index in [2.05, 4.69) is 60.4 Å². The minimum absolute atomic E-state index is 0.00493. The van der Waals surface area contributed by atoms with Crippen LogP contribution in [-0.4, -0.2) is 46.2 Å². The Morgan fingerprint density at radius 2 is 1.67 bits per heavy atom. The molecular formula is C31H31N3O2. The molecule has 182 valence electrons. The maximum atomic E-state index is 14.1. The van der Waals surface area contributed by atoms with E-state index in [1.54, 1.807) is 4.90 Å². The fourth-order valence-electron chi connectivity index (χ4n) is 6.07. The van der Waals surface area contributed by atoms with E-state index in [0.29, 0.717) is 13.1 Å². The van der Waals surface area contributed by atoms with Crippen molar-refractivity contribution in [2.24, 2.45) is 0 Å². The quantitative estimate of drug-likeness (QED) is 0.433. The number of aryl methyl sites for hydroxylation is 2. The molecule has 4 aromatic rings. The van der Waals surface area contributed by atoms with E-state index >= 15 is 0 Å². The number of aromatic amines is 1. The average molecular weight is 478 g/mol. The van der Waals surface area contributed by atoms with Gasteiger partial charge in [-0.05, 0) is 49.4 Å². The summed E-state index contributed by atoms with van der Waals surface area (Å²) < 4.78 is 0. The van der Waals surface area contributed by atoms with Crippen molar-refractivity contribution < 1.29 is 9.59 Å². The molecule has 0 aliphatic carbocycles. The van der Waals surface area contributed by atoms with Crippen LogP contribution in [0.3, 0.4) is 0 Å². The number of H-pyrrole nitrogens is 1. The van der Waals surface area contributed by atoms with Gasteiger partial charge in [-0.3, -0.25) is 9.59 Å². The number of carbonyl (C=O) groups excluding carboxylic acids is 2. The molecule has 0 unspecified atom stereocenters. The number of hydrogen-bond donors (Lipinski definition) is 1. The van der Waals surface area contributed by atoms with Crippen LogP contribution in [0.4, 0.5) is 0 Å². The van der Waals surface area contributed by atoms with Crippen molar-refractivity contribution in [2.45, 2.75) is 38.1 Å².